The lowest BCUT2D eigenvalue weighted by Crippen LogP contribution is -2.47. The van der Waals surface area contributed by atoms with Gasteiger partial charge in [-0.2, -0.15) is 0 Å². The number of rotatable bonds is 6. The van der Waals surface area contributed by atoms with Gasteiger partial charge in [0.05, 0.1) is 12.6 Å². The van der Waals surface area contributed by atoms with Crippen LogP contribution >= 0.6 is 0 Å². The summed E-state index contributed by atoms with van der Waals surface area (Å²) >= 11 is 0. The van der Waals surface area contributed by atoms with E-state index in [0.717, 1.165) is 31.5 Å². The molecule has 2 N–H and O–H groups in total. The zero-order valence-electron chi connectivity index (χ0n) is 13.7. The third-order valence-corrected chi connectivity index (χ3v) is 4.40. The van der Waals surface area contributed by atoms with Gasteiger partial charge in [0.1, 0.15) is 0 Å². The predicted octanol–water partition coefficient (Wildman–Crippen LogP) is 2.35. The second-order valence-corrected chi connectivity index (χ2v) is 6.45. The summed E-state index contributed by atoms with van der Waals surface area (Å²) in [6.07, 6.45) is 2.83. The molecule has 22 heavy (non-hydrogen) atoms. The van der Waals surface area contributed by atoms with E-state index < -0.39 is 6.10 Å². The van der Waals surface area contributed by atoms with E-state index in [9.17, 15) is 9.90 Å². The van der Waals surface area contributed by atoms with Crippen molar-refractivity contribution >= 4 is 5.91 Å². The molecule has 2 atom stereocenters. The Balaban J connectivity index is 1.92. The van der Waals surface area contributed by atoms with E-state index in [4.69, 9.17) is 0 Å². The molecule has 1 aromatic rings. The van der Waals surface area contributed by atoms with Crippen LogP contribution in [0.25, 0.3) is 0 Å². The molecular weight excluding hydrogens is 276 g/mol. The maximum atomic E-state index is 12.3. The molecule has 0 aliphatic carbocycles. The lowest BCUT2D eigenvalue weighted by atomic mass is 9.93. The number of piperidine rings is 1. The molecule has 1 aliphatic rings. The van der Waals surface area contributed by atoms with Crippen molar-refractivity contribution in [2.24, 2.45) is 5.92 Å². The van der Waals surface area contributed by atoms with Crippen molar-refractivity contribution in [2.45, 2.75) is 45.3 Å². The summed E-state index contributed by atoms with van der Waals surface area (Å²) in [7, 11) is 0. The summed E-state index contributed by atoms with van der Waals surface area (Å²) in [4.78, 5) is 14.2. The predicted molar refractivity (Wildman–Crippen MR) is 88.5 cm³/mol. The van der Waals surface area contributed by atoms with Crippen molar-refractivity contribution in [1.29, 1.82) is 0 Å². The lowest BCUT2D eigenvalue weighted by Gasteiger charge is -2.31. The standard InChI is InChI=1S/C18H28N2O2/c1-14(2)17(18(22)15-9-5-3-6-10-15)19-13-16(21)20-11-7-4-8-12-20/h3,5-6,9-10,14,17-19,22H,4,7-8,11-13H2,1-2H3/t17-,18-/m1/s1. The zero-order valence-corrected chi connectivity index (χ0v) is 13.7. The maximum absolute atomic E-state index is 12.3. The highest BCUT2D eigenvalue weighted by Crippen LogP contribution is 2.21. The van der Waals surface area contributed by atoms with Crippen molar-refractivity contribution < 1.29 is 9.90 Å². The molecule has 1 saturated heterocycles. The number of amides is 1. The highest BCUT2D eigenvalue weighted by Gasteiger charge is 2.25. The molecule has 1 aliphatic heterocycles. The topological polar surface area (TPSA) is 52.6 Å². The number of aliphatic hydroxyl groups is 1. The quantitative estimate of drug-likeness (QED) is 0.848. The average molecular weight is 304 g/mol. The van der Waals surface area contributed by atoms with E-state index in [0.29, 0.717) is 6.54 Å². The van der Waals surface area contributed by atoms with Crippen LogP contribution < -0.4 is 5.32 Å². The van der Waals surface area contributed by atoms with Gasteiger partial charge in [-0.25, -0.2) is 0 Å². The minimum Gasteiger partial charge on any atom is -0.387 e. The van der Waals surface area contributed by atoms with E-state index in [-0.39, 0.29) is 17.9 Å². The molecule has 0 saturated carbocycles. The summed E-state index contributed by atoms with van der Waals surface area (Å²) < 4.78 is 0. The number of carbonyl (C=O) groups is 1. The number of benzene rings is 1. The van der Waals surface area contributed by atoms with Gasteiger partial charge in [0.15, 0.2) is 0 Å². The second-order valence-electron chi connectivity index (χ2n) is 6.45. The van der Waals surface area contributed by atoms with Crippen LogP contribution in [0.1, 0.15) is 44.8 Å². The van der Waals surface area contributed by atoms with Crippen LogP contribution in [-0.2, 0) is 4.79 Å². The Bertz CT molecular complexity index is 455. The van der Waals surface area contributed by atoms with Gasteiger partial charge in [-0.15, -0.1) is 0 Å². The normalized spacial score (nSPS) is 18.3. The molecule has 1 heterocycles. The van der Waals surface area contributed by atoms with Crippen molar-refractivity contribution in [3.8, 4) is 0 Å². The molecule has 1 aromatic carbocycles. The van der Waals surface area contributed by atoms with E-state index in [1.807, 2.05) is 35.2 Å². The minimum atomic E-state index is -0.602. The maximum Gasteiger partial charge on any atom is 0.236 e. The minimum absolute atomic E-state index is 0.129. The van der Waals surface area contributed by atoms with Gasteiger partial charge in [-0.3, -0.25) is 4.79 Å². The number of hydrogen-bond acceptors (Lipinski definition) is 3. The summed E-state index contributed by atoms with van der Waals surface area (Å²) in [6, 6.07) is 9.51. The summed E-state index contributed by atoms with van der Waals surface area (Å²) in [6.45, 7) is 6.17. The first-order chi connectivity index (χ1) is 10.6. The number of nitrogens with one attached hydrogen (secondary N) is 1. The molecule has 4 nitrogen and oxygen atoms in total. The molecule has 122 valence electrons. The van der Waals surface area contributed by atoms with Gasteiger partial charge in [0, 0.05) is 19.1 Å². The molecule has 0 radical (unpaired) electrons. The lowest BCUT2D eigenvalue weighted by molar-refractivity contribution is -0.131. The van der Waals surface area contributed by atoms with E-state index >= 15 is 0 Å². The van der Waals surface area contributed by atoms with Crippen LogP contribution in [0.3, 0.4) is 0 Å². The van der Waals surface area contributed by atoms with Crippen LogP contribution in [0.15, 0.2) is 30.3 Å². The Morgan fingerprint density at radius 1 is 1.18 bits per heavy atom. The van der Waals surface area contributed by atoms with E-state index in [1.165, 1.54) is 6.42 Å². The monoisotopic (exact) mass is 304 g/mol. The van der Waals surface area contributed by atoms with Gasteiger partial charge in [-0.05, 0) is 30.7 Å². The number of carbonyl (C=O) groups excluding carboxylic acids is 1. The molecule has 0 aromatic heterocycles. The zero-order chi connectivity index (χ0) is 15.9. The first-order valence-electron chi connectivity index (χ1n) is 8.33. The number of likely N-dealkylation sites (tertiary alicyclic amines) is 1. The summed E-state index contributed by atoms with van der Waals surface area (Å²) in [5.74, 6) is 0.384. The van der Waals surface area contributed by atoms with Crippen LogP contribution in [-0.4, -0.2) is 41.6 Å². The van der Waals surface area contributed by atoms with Crippen LogP contribution in [0.4, 0.5) is 0 Å². The smallest absolute Gasteiger partial charge is 0.236 e. The molecule has 2 rings (SSSR count). The molecule has 0 spiro atoms. The Labute approximate surface area is 133 Å². The second kappa shape index (κ2) is 8.30. The van der Waals surface area contributed by atoms with Crippen LogP contribution in [0, 0.1) is 5.92 Å². The van der Waals surface area contributed by atoms with E-state index in [1.54, 1.807) is 0 Å². The molecule has 0 unspecified atom stereocenters. The van der Waals surface area contributed by atoms with Crippen molar-refractivity contribution in [3.05, 3.63) is 35.9 Å². The van der Waals surface area contributed by atoms with E-state index in [2.05, 4.69) is 19.2 Å². The summed E-state index contributed by atoms with van der Waals surface area (Å²) in [5, 5.41) is 13.9. The Hall–Kier alpha value is -1.39. The molecule has 4 heteroatoms. The largest absolute Gasteiger partial charge is 0.387 e. The fourth-order valence-corrected chi connectivity index (χ4v) is 3.03. The van der Waals surface area contributed by atoms with Gasteiger partial charge in [-0.1, -0.05) is 44.2 Å². The van der Waals surface area contributed by atoms with Crippen LogP contribution in [0.2, 0.25) is 0 Å². The number of hydrogen-bond donors (Lipinski definition) is 2. The van der Waals surface area contributed by atoms with Crippen molar-refractivity contribution in [1.82, 2.24) is 10.2 Å². The number of aliphatic hydroxyl groups excluding tert-OH is 1. The van der Waals surface area contributed by atoms with Crippen molar-refractivity contribution in [2.75, 3.05) is 19.6 Å². The molecule has 1 amide bonds. The van der Waals surface area contributed by atoms with Crippen molar-refractivity contribution in [3.63, 3.8) is 0 Å². The first-order valence-corrected chi connectivity index (χ1v) is 8.33. The highest BCUT2D eigenvalue weighted by atomic mass is 16.3. The number of nitrogens with zero attached hydrogens (tertiary/aromatic N) is 1. The Kier molecular flexibility index (Phi) is 6.40. The van der Waals surface area contributed by atoms with Crippen LogP contribution in [0.5, 0.6) is 0 Å². The SMILES string of the molecule is CC(C)[C@@H](NCC(=O)N1CCCCC1)[C@H](O)c1ccccc1. The third-order valence-electron chi connectivity index (χ3n) is 4.40. The first kappa shape index (κ1) is 17.0. The molecular formula is C18H28N2O2. The van der Waals surface area contributed by atoms with Gasteiger partial charge in [0.25, 0.3) is 0 Å². The van der Waals surface area contributed by atoms with Gasteiger partial charge in [0.2, 0.25) is 5.91 Å². The summed E-state index contributed by atoms with van der Waals surface area (Å²) in [5.41, 5.74) is 0.888. The van der Waals surface area contributed by atoms with Gasteiger partial charge < -0.3 is 15.3 Å². The molecule has 0 bridgehead atoms. The fraction of sp³-hybridized carbons (Fsp3) is 0.611. The highest BCUT2D eigenvalue weighted by molar-refractivity contribution is 5.78. The third kappa shape index (κ3) is 4.55. The fourth-order valence-electron chi connectivity index (χ4n) is 3.03. The average Bonchev–Trinajstić information content (AvgIpc) is 2.56. The Morgan fingerprint density at radius 3 is 2.41 bits per heavy atom. The van der Waals surface area contributed by atoms with Gasteiger partial charge >= 0.3 is 0 Å². The Morgan fingerprint density at radius 2 is 1.82 bits per heavy atom. The molecule has 1 fully saturated rings.